The van der Waals surface area contributed by atoms with Gasteiger partial charge >= 0.3 is 0 Å². The fourth-order valence-electron chi connectivity index (χ4n) is 4.96. The maximum absolute atomic E-state index is 10.6. The van der Waals surface area contributed by atoms with Gasteiger partial charge in [-0.3, -0.25) is 0 Å². The van der Waals surface area contributed by atoms with Crippen LogP contribution >= 0.6 is 0 Å². The first kappa shape index (κ1) is 9.58. The monoisotopic (exact) mass is 303 g/mol. The quantitative estimate of drug-likeness (QED) is 0.799. The molecule has 0 saturated carbocycles. The first-order valence-corrected chi connectivity index (χ1v) is 7.74. The molecule has 4 heteroatoms. The van der Waals surface area contributed by atoms with Crippen LogP contribution in [0.4, 0.5) is 0 Å². The van der Waals surface area contributed by atoms with Crippen LogP contribution in [0.3, 0.4) is 0 Å². The summed E-state index contributed by atoms with van der Waals surface area (Å²) in [5, 5.41) is 10.6. The van der Waals surface area contributed by atoms with Gasteiger partial charge in [0.2, 0.25) is 0 Å². The van der Waals surface area contributed by atoms with Crippen molar-refractivity contribution in [3.63, 3.8) is 0 Å². The van der Waals surface area contributed by atoms with Crippen molar-refractivity contribution in [2.24, 2.45) is 5.92 Å². The van der Waals surface area contributed by atoms with E-state index in [0.717, 1.165) is 11.1 Å². The molecule has 1 aromatic carbocycles. The smallest absolute Gasteiger partial charge is 0.165 e. The first-order chi connectivity index (χ1) is 12.2. The number of rotatable bonds is 1. The molecule has 1 fully saturated rings. The van der Waals surface area contributed by atoms with Gasteiger partial charge in [0.1, 0.15) is 12.2 Å². The lowest BCUT2D eigenvalue weighted by Gasteiger charge is -2.56. The summed E-state index contributed by atoms with van der Waals surface area (Å²) in [6.07, 6.45) is 3.01. The van der Waals surface area contributed by atoms with Crippen LogP contribution in [0.1, 0.15) is 23.0 Å². The van der Waals surface area contributed by atoms with E-state index in [1.807, 2.05) is 12.1 Å². The van der Waals surface area contributed by atoms with Gasteiger partial charge in [0.15, 0.2) is 11.5 Å². The molecule has 1 spiro atoms. The standard InChI is InChI=1S/C18H21NO3/c1-19-8-7-18-11-4-5-13(20)17(18)22-16-14(21-2)6-3-10(15(16)18)9-12(11)19/h3-6,11-13,17,20H,7-9H2,1-2H3/t11-,12+,13?,17?,18-/m0/s1/i1D3,12D. The Morgan fingerprint density at radius 3 is 3.23 bits per heavy atom. The highest BCUT2D eigenvalue weighted by atomic mass is 16.5. The van der Waals surface area contributed by atoms with E-state index in [1.54, 1.807) is 19.3 Å². The number of methoxy groups -OCH3 is 1. The van der Waals surface area contributed by atoms with Crippen LogP contribution in [0, 0.1) is 5.92 Å². The Morgan fingerprint density at radius 2 is 2.41 bits per heavy atom. The first-order valence-electron chi connectivity index (χ1n) is 9.74. The summed E-state index contributed by atoms with van der Waals surface area (Å²) >= 11 is 0. The number of ether oxygens (including phenoxy) is 2. The van der Waals surface area contributed by atoms with Crippen LogP contribution in [0.5, 0.6) is 11.5 Å². The van der Waals surface area contributed by atoms with Crippen LogP contribution in [-0.2, 0) is 11.8 Å². The molecule has 116 valence electrons. The van der Waals surface area contributed by atoms with Crippen molar-refractivity contribution in [1.29, 1.82) is 0 Å². The predicted molar refractivity (Wildman–Crippen MR) is 82.5 cm³/mol. The second kappa shape index (κ2) is 4.06. The highest BCUT2D eigenvalue weighted by molar-refractivity contribution is 5.62. The maximum Gasteiger partial charge on any atom is 0.165 e. The summed E-state index contributed by atoms with van der Waals surface area (Å²) in [6.45, 7) is -2.07. The highest BCUT2D eigenvalue weighted by Gasteiger charge is 2.64. The van der Waals surface area contributed by atoms with Crippen molar-refractivity contribution in [3.8, 4) is 11.5 Å². The van der Waals surface area contributed by atoms with Crippen LogP contribution < -0.4 is 9.47 Å². The van der Waals surface area contributed by atoms with Gasteiger partial charge in [0.25, 0.3) is 0 Å². The largest absolute Gasteiger partial charge is 0.493 e. The Labute approximate surface area is 135 Å². The molecule has 0 amide bonds. The number of likely N-dealkylation sites (N-methyl/N-ethyl adjacent to an activating group) is 1. The summed E-state index contributed by atoms with van der Waals surface area (Å²) in [4.78, 5) is 1.35. The minimum atomic E-state index is -2.34. The van der Waals surface area contributed by atoms with E-state index < -0.39 is 30.6 Å². The Kier molecular flexibility index (Phi) is 1.77. The summed E-state index contributed by atoms with van der Waals surface area (Å²) < 4.78 is 44.8. The average Bonchev–Trinajstić information content (AvgIpc) is 2.90. The molecule has 2 heterocycles. The lowest BCUT2D eigenvalue weighted by Crippen LogP contribution is -2.64. The van der Waals surface area contributed by atoms with Gasteiger partial charge in [-0.1, -0.05) is 18.2 Å². The van der Waals surface area contributed by atoms with Gasteiger partial charge < -0.3 is 19.5 Å². The molecule has 0 radical (unpaired) electrons. The fraction of sp³-hybridized carbons (Fsp3) is 0.556. The van der Waals surface area contributed by atoms with Crippen LogP contribution in [0.2, 0.25) is 0 Å². The number of aliphatic hydroxyl groups excluding tert-OH is 1. The van der Waals surface area contributed by atoms with Crippen molar-refractivity contribution in [2.45, 2.75) is 36.5 Å². The molecular weight excluding hydrogens is 278 g/mol. The van der Waals surface area contributed by atoms with E-state index in [2.05, 4.69) is 0 Å². The number of hydrogen-bond donors (Lipinski definition) is 1. The van der Waals surface area contributed by atoms with Gasteiger partial charge in [-0.2, -0.15) is 0 Å². The SMILES string of the molecule is [2H]C([2H])([2H])N1CC[C@]23c4c5ccc(OC)c4OC2C(O)C=C[C@H]3[C@@]1([2H])C5. The molecule has 2 aliphatic heterocycles. The second-order valence-corrected chi connectivity index (χ2v) is 6.63. The van der Waals surface area contributed by atoms with Crippen LogP contribution in [0.25, 0.3) is 0 Å². The summed E-state index contributed by atoms with van der Waals surface area (Å²) in [7, 11) is 1.59. The number of aliphatic hydroxyl groups is 1. The Bertz CT molecular complexity index is 825. The molecule has 0 aromatic heterocycles. The van der Waals surface area contributed by atoms with Gasteiger partial charge in [-0.05, 0) is 38.0 Å². The number of hydrogen-bond acceptors (Lipinski definition) is 4. The Balaban J connectivity index is 1.80. The third-order valence-electron chi connectivity index (χ3n) is 5.84. The molecule has 22 heavy (non-hydrogen) atoms. The zero-order valence-corrected chi connectivity index (χ0v) is 12.4. The van der Waals surface area contributed by atoms with Crippen molar-refractivity contribution in [3.05, 3.63) is 35.4 Å². The van der Waals surface area contributed by atoms with E-state index in [1.165, 1.54) is 4.90 Å². The highest BCUT2D eigenvalue weighted by Crippen LogP contribution is 2.62. The van der Waals surface area contributed by atoms with Gasteiger partial charge in [-0.25, -0.2) is 0 Å². The normalized spacial score (nSPS) is 47.6. The molecule has 2 aliphatic carbocycles. The maximum atomic E-state index is 10.6. The van der Waals surface area contributed by atoms with Gasteiger partial charge in [0.05, 0.1) is 7.11 Å². The third-order valence-corrected chi connectivity index (χ3v) is 5.84. The van der Waals surface area contributed by atoms with Crippen molar-refractivity contribution < 1.29 is 20.1 Å². The number of nitrogens with zero attached hydrogens (tertiary/aromatic N) is 1. The number of piperidine rings is 1. The molecule has 5 atom stereocenters. The molecule has 1 saturated heterocycles. The second-order valence-electron chi connectivity index (χ2n) is 6.63. The lowest BCUT2D eigenvalue weighted by molar-refractivity contribution is -0.0453. The minimum absolute atomic E-state index is 0.271. The van der Waals surface area contributed by atoms with Gasteiger partial charge in [0, 0.05) is 28.4 Å². The van der Waals surface area contributed by atoms with Gasteiger partial charge in [-0.15, -0.1) is 0 Å². The predicted octanol–water partition coefficient (Wildman–Crippen LogP) is 1.50. The zero-order valence-electron chi connectivity index (χ0n) is 16.4. The number of benzene rings is 1. The van der Waals surface area contributed by atoms with Crippen LogP contribution in [-0.4, -0.2) is 48.9 Å². The molecule has 2 unspecified atom stereocenters. The molecule has 5 rings (SSSR count). The van der Waals surface area contributed by atoms with E-state index in [-0.39, 0.29) is 12.5 Å². The molecule has 4 nitrogen and oxygen atoms in total. The summed E-state index contributed by atoms with van der Waals surface area (Å²) in [5.74, 6) is 0.903. The summed E-state index contributed by atoms with van der Waals surface area (Å²) in [6, 6.07) is 2.42. The fourth-order valence-corrected chi connectivity index (χ4v) is 4.96. The van der Waals surface area contributed by atoms with E-state index >= 15 is 0 Å². The molecule has 1 N–H and O–H groups in total. The Hall–Kier alpha value is -1.52. The van der Waals surface area contributed by atoms with E-state index in [0.29, 0.717) is 24.3 Å². The molecular formula is C18H21NO3. The van der Waals surface area contributed by atoms with Crippen molar-refractivity contribution in [1.82, 2.24) is 4.90 Å². The van der Waals surface area contributed by atoms with Crippen molar-refractivity contribution >= 4 is 0 Å². The minimum Gasteiger partial charge on any atom is -0.493 e. The molecule has 1 aromatic rings. The molecule has 4 aliphatic rings. The average molecular weight is 303 g/mol. The topological polar surface area (TPSA) is 41.9 Å². The van der Waals surface area contributed by atoms with Crippen LogP contribution in [0.15, 0.2) is 24.3 Å². The molecule has 2 bridgehead atoms. The Morgan fingerprint density at radius 1 is 1.50 bits per heavy atom. The van der Waals surface area contributed by atoms with E-state index in [4.69, 9.17) is 13.6 Å². The van der Waals surface area contributed by atoms with E-state index in [9.17, 15) is 6.48 Å². The van der Waals surface area contributed by atoms with Crippen molar-refractivity contribution in [2.75, 3.05) is 20.6 Å². The zero-order chi connectivity index (χ0) is 18.5. The lowest BCUT2D eigenvalue weighted by atomic mass is 9.53. The number of likely N-dealkylation sites (tertiary alicyclic amines) is 1. The third kappa shape index (κ3) is 1.28. The summed E-state index contributed by atoms with van der Waals surface area (Å²) in [5.41, 5.74) is 1.34.